The Balaban J connectivity index is 1.85. The van der Waals surface area contributed by atoms with Crippen LogP contribution in [-0.2, 0) is 0 Å². The molecule has 0 spiro atoms. The van der Waals surface area contributed by atoms with E-state index in [9.17, 15) is 4.79 Å². The van der Waals surface area contributed by atoms with Crippen LogP contribution in [0.2, 0.25) is 0 Å². The van der Waals surface area contributed by atoms with Crippen molar-refractivity contribution in [2.45, 2.75) is 33.2 Å². The number of fused-ring (bicyclic) bond motifs is 1. The number of amides is 1. The average Bonchev–Trinajstić information content (AvgIpc) is 2.95. The van der Waals surface area contributed by atoms with Gasteiger partial charge in [-0.3, -0.25) is 9.89 Å². The van der Waals surface area contributed by atoms with Crippen LogP contribution in [0.25, 0.3) is 10.9 Å². The van der Waals surface area contributed by atoms with Gasteiger partial charge in [-0.1, -0.05) is 44.2 Å². The zero-order valence-corrected chi connectivity index (χ0v) is 14.3. The molecule has 0 aliphatic heterocycles. The molecule has 24 heavy (non-hydrogen) atoms. The topological polar surface area (TPSA) is 57.8 Å². The van der Waals surface area contributed by atoms with Gasteiger partial charge in [-0.25, -0.2) is 0 Å². The molecule has 2 N–H and O–H groups in total. The second kappa shape index (κ2) is 6.87. The number of hydrogen-bond donors (Lipinski definition) is 2. The van der Waals surface area contributed by atoms with Crippen molar-refractivity contribution in [3.63, 3.8) is 0 Å². The molecule has 4 nitrogen and oxygen atoms in total. The molecule has 124 valence electrons. The summed E-state index contributed by atoms with van der Waals surface area (Å²) in [6.45, 7) is 6.30. The van der Waals surface area contributed by atoms with Crippen molar-refractivity contribution in [1.82, 2.24) is 15.5 Å². The largest absolute Gasteiger partial charge is 0.345 e. The number of rotatable bonds is 5. The maximum Gasteiger partial charge on any atom is 0.251 e. The first kappa shape index (κ1) is 16.2. The van der Waals surface area contributed by atoms with E-state index in [0.29, 0.717) is 11.5 Å². The smallest absolute Gasteiger partial charge is 0.251 e. The Hall–Kier alpha value is -2.62. The summed E-state index contributed by atoms with van der Waals surface area (Å²) in [7, 11) is 0. The molecule has 1 atom stereocenters. The van der Waals surface area contributed by atoms with Gasteiger partial charge in [0.25, 0.3) is 5.91 Å². The van der Waals surface area contributed by atoms with E-state index >= 15 is 0 Å². The second-order valence-electron chi connectivity index (χ2n) is 6.65. The molecule has 0 saturated carbocycles. The van der Waals surface area contributed by atoms with Crippen LogP contribution >= 0.6 is 0 Å². The first-order valence-corrected chi connectivity index (χ1v) is 8.35. The fraction of sp³-hybridized carbons (Fsp3) is 0.300. The summed E-state index contributed by atoms with van der Waals surface area (Å²) < 4.78 is 0. The number of carbonyl (C=O) groups excluding carboxylic acids is 1. The predicted molar refractivity (Wildman–Crippen MR) is 96.9 cm³/mol. The predicted octanol–water partition coefficient (Wildman–Crippen LogP) is 4.39. The third-order valence-electron chi connectivity index (χ3n) is 4.22. The third kappa shape index (κ3) is 3.48. The van der Waals surface area contributed by atoms with Crippen molar-refractivity contribution in [3.8, 4) is 0 Å². The Bertz CT molecular complexity index is 836. The molecular formula is C20H23N3O. The first-order chi connectivity index (χ1) is 11.5. The summed E-state index contributed by atoms with van der Waals surface area (Å²) in [6.07, 6.45) is 0.905. The molecule has 0 radical (unpaired) electrons. The van der Waals surface area contributed by atoms with E-state index in [1.165, 1.54) is 0 Å². The lowest BCUT2D eigenvalue weighted by molar-refractivity contribution is 0.0932. The van der Waals surface area contributed by atoms with E-state index in [1.807, 2.05) is 43.3 Å². The number of carbonyl (C=O) groups is 1. The molecule has 3 aromatic rings. The zero-order chi connectivity index (χ0) is 17.1. The minimum atomic E-state index is -0.0491. The molecule has 0 aliphatic carbocycles. The molecule has 0 fully saturated rings. The van der Waals surface area contributed by atoms with E-state index in [2.05, 4.69) is 41.5 Å². The van der Waals surface area contributed by atoms with Crippen LogP contribution in [0.15, 0.2) is 48.5 Å². The zero-order valence-electron chi connectivity index (χ0n) is 14.3. The number of hydrogen-bond acceptors (Lipinski definition) is 2. The third-order valence-corrected chi connectivity index (χ3v) is 4.22. The molecule has 0 bridgehead atoms. The minimum absolute atomic E-state index is 0.0137. The maximum absolute atomic E-state index is 12.7. The highest BCUT2D eigenvalue weighted by molar-refractivity contribution is 5.98. The van der Waals surface area contributed by atoms with Gasteiger partial charge in [0.15, 0.2) is 0 Å². The van der Waals surface area contributed by atoms with Gasteiger partial charge < -0.3 is 5.32 Å². The van der Waals surface area contributed by atoms with Crippen LogP contribution < -0.4 is 5.32 Å². The fourth-order valence-corrected chi connectivity index (χ4v) is 2.96. The molecule has 0 saturated heterocycles. The monoisotopic (exact) mass is 321 g/mol. The summed E-state index contributed by atoms with van der Waals surface area (Å²) in [6, 6.07) is 15.8. The molecule has 1 aromatic heterocycles. The lowest BCUT2D eigenvalue weighted by atomic mass is 9.96. The molecule has 4 heteroatoms. The van der Waals surface area contributed by atoms with Crippen molar-refractivity contribution >= 4 is 16.8 Å². The van der Waals surface area contributed by atoms with E-state index in [0.717, 1.165) is 28.6 Å². The average molecular weight is 321 g/mol. The van der Waals surface area contributed by atoms with Crippen LogP contribution in [0.5, 0.6) is 0 Å². The standard InChI is InChI=1S/C20H23N3O/c1-13(2)11-19(15-7-5-4-6-8-15)21-20(24)16-9-10-18-17(12-16)14(3)22-23-18/h4-10,12-13,19H,11H2,1-3H3,(H,21,24)(H,22,23). The summed E-state index contributed by atoms with van der Waals surface area (Å²) in [5.74, 6) is 0.445. The van der Waals surface area contributed by atoms with Gasteiger partial charge in [-0.15, -0.1) is 0 Å². The van der Waals surface area contributed by atoms with Gasteiger partial charge in [-0.05, 0) is 43.0 Å². The van der Waals surface area contributed by atoms with E-state index in [-0.39, 0.29) is 11.9 Å². The van der Waals surface area contributed by atoms with E-state index in [4.69, 9.17) is 0 Å². The van der Waals surface area contributed by atoms with Gasteiger partial charge in [0.2, 0.25) is 0 Å². The molecule has 1 unspecified atom stereocenters. The Kier molecular flexibility index (Phi) is 4.65. The van der Waals surface area contributed by atoms with Crippen LogP contribution in [0.4, 0.5) is 0 Å². The van der Waals surface area contributed by atoms with Gasteiger partial charge in [0, 0.05) is 16.6 Å². The molecule has 1 amide bonds. The van der Waals surface area contributed by atoms with Gasteiger partial charge in [0.05, 0.1) is 11.6 Å². The SMILES string of the molecule is Cc1[nH]nc2ccc(C(=O)NC(CC(C)C)c3ccccc3)cc12. The van der Waals surface area contributed by atoms with E-state index in [1.54, 1.807) is 0 Å². The Morgan fingerprint density at radius 3 is 2.62 bits per heavy atom. The molecule has 0 aliphatic rings. The van der Waals surface area contributed by atoms with Crippen molar-refractivity contribution in [1.29, 1.82) is 0 Å². The Labute approximate surface area is 142 Å². The minimum Gasteiger partial charge on any atom is -0.345 e. The van der Waals surface area contributed by atoms with Crippen LogP contribution in [0.3, 0.4) is 0 Å². The normalized spacial score (nSPS) is 12.5. The van der Waals surface area contributed by atoms with Gasteiger partial charge >= 0.3 is 0 Å². The number of aryl methyl sites for hydroxylation is 1. The fourth-order valence-electron chi connectivity index (χ4n) is 2.96. The lowest BCUT2D eigenvalue weighted by Crippen LogP contribution is -2.29. The highest BCUT2D eigenvalue weighted by Gasteiger charge is 2.17. The number of aromatic amines is 1. The summed E-state index contributed by atoms with van der Waals surface area (Å²) in [5, 5.41) is 11.3. The number of aromatic nitrogens is 2. The second-order valence-corrected chi connectivity index (χ2v) is 6.65. The molecular weight excluding hydrogens is 298 g/mol. The van der Waals surface area contributed by atoms with Crippen LogP contribution in [-0.4, -0.2) is 16.1 Å². The molecule has 1 heterocycles. The maximum atomic E-state index is 12.7. The summed E-state index contributed by atoms with van der Waals surface area (Å²) in [4.78, 5) is 12.7. The number of nitrogens with zero attached hydrogens (tertiary/aromatic N) is 1. The quantitative estimate of drug-likeness (QED) is 0.732. The van der Waals surface area contributed by atoms with E-state index < -0.39 is 0 Å². The summed E-state index contributed by atoms with van der Waals surface area (Å²) in [5.41, 5.74) is 3.66. The first-order valence-electron chi connectivity index (χ1n) is 8.35. The van der Waals surface area contributed by atoms with Gasteiger partial charge in [-0.2, -0.15) is 5.10 Å². The highest BCUT2D eigenvalue weighted by Crippen LogP contribution is 2.23. The molecule has 3 rings (SSSR count). The van der Waals surface area contributed by atoms with Crippen LogP contribution in [0, 0.1) is 12.8 Å². The number of benzene rings is 2. The molecule has 2 aromatic carbocycles. The van der Waals surface area contributed by atoms with Crippen LogP contribution in [0.1, 0.15) is 47.9 Å². The van der Waals surface area contributed by atoms with Gasteiger partial charge in [0.1, 0.15) is 0 Å². The highest BCUT2D eigenvalue weighted by atomic mass is 16.1. The Morgan fingerprint density at radius 2 is 1.92 bits per heavy atom. The number of nitrogens with one attached hydrogen (secondary N) is 2. The lowest BCUT2D eigenvalue weighted by Gasteiger charge is -2.21. The Morgan fingerprint density at radius 1 is 1.17 bits per heavy atom. The number of H-pyrrole nitrogens is 1. The van der Waals surface area contributed by atoms with Crippen molar-refractivity contribution in [2.24, 2.45) is 5.92 Å². The van der Waals surface area contributed by atoms with Crippen molar-refractivity contribution in [3.05, 3.63) is 65.4 Å². The van der Waals surface area contributed by atoms with Crippen molar-refractivity contribution in [2.75, 3.05) is 0 Å². The van der Waals surface area contributed by atoms with Crippen molar-refractivity contribution < 1.29 is 4.79 Å². The summed E-state index contributed by atoms with van der Waals surface area (Å²) >= 11 is 0.